The van der Waals surface area contributed by atoms with Crippen molar-refractivity contribution in [2.75, 3.05) is 18.5 Å². The quantitative estimate of drug-likeness (QED) is 0.368. The summed E-state index contributed by atoms with van der Waals surface area (Å²) in [7, 11) is 1.97. The summed E-state index contributed by atoms with van der Waals surface area (Å²) in [4.78, 5) is 6.29. The number of nitrogens with two attached hydrogens (primary N) is 1. The van der Waals surface area contributed by atoms with Crippen LogP contribution < -0.4 is 10.6 Å². The van der Waals surface area contributed by atoms with Gasteiger partial charge in [-0.05, 0) is 12.1 Å². The van der Waals surface area contributed by atoms with Gasteiger partial charge in [0.1, 0.15) is 17.3 Å². The molecule has 18 heavy (non-hydrogen) atoms. The Balaban J connectivity index is 2.23. The van der Waals surface area contributed by atoms with Gasteiger partial charge < -0.3 is 15.8 Å². The lowest BCUT2D eigenvalue weighted by Gasteiger charge is -2.23. The van der Waals surface area contributed by atoms with E-state index >= 15 is 0 Å². The number of fused-ring (bicyclic) bond motifs is 1. The molecule has 0 amide bonds. The fraction of sp³-hybridized carbons (Fsp3) is 0.333. The first kappa shape index (κ1) is 12.2. The van der Waals surface area contributed by atoms with Crippen LogP contribution in [0.15, 0.2) is 35.7 Å². The standard InChI is InChI=1S/C12H17N5O/c1-9(12(13)15-18)8-16(2)11-5-3-4-10-14-6-7-17(10)11/h3-7,9,18H,8H2,1-2H3,(H2,13,15). The highest BCUT2D eigenvalue weighted by molar-refractivity contribution is 5.82. The summed E-state index contributed by atoms with van der Waals surface area (Å²) in [6.45, 7) is 2.58. The van der Waals surface area contributed by atoms with E-state index in [0.717, 1.165) is 11.5 Å². The number of hydrogen-bond acceptors (Lipinski definition) is 4. The number of amidine groups is 1. The minimum Gasteiger partial charge on any atom is -0.409 e. The Morgan fingerprint density at radius 1 is 1.61 bits per heavy atom. The van der Waals surface area contributed by atoms with Crippen LogP contribution in [0.25, 0.3) is 5.65 Å². The highest BCUT2D eigenvalue weighted by atomic mass is 16.4. The smallest absolute Gasteiger partial charge is 0.143 e. The minimum absolute atomic E-state index is 0.0289. The lowest BCUT2D eigenvalue weighted by molar-refractivity contribution is 0.314. The van der Waals surface area contributed by atoms with Crippen LogP contribution in [0.1, 0.15) is 6.92 Å². The number of anilines is 1. The van der Waals surface area contributed by atoms with Gasteiger partial charge in [-0.1, -0.05) is 18.1 Å². The average molecular weight is 247 g/mol. The van der Waals surface area contributed by atoms with Crippen LogP contribution in [0.4, 0.5) is 5.82 Å². The normalized spacial score (nSPS) is 13.8. The molecule has 2 aromatic heterocycles. The molecule has 0 aliphatic rings. The Hall–Kier alpha value is -2.24. The topological polar surface area (TPSA) is 79.2 Å². The summed E-state index contributed by atoms with van der Waals surface area (Å²) in [5.41, 5.74) is 6.49. The van der Waals surface area contributed by atoms with Crippen molar-refractivity contribution in [3.8, 4) is 0 Å². The van der Waals surface area contributed by atoms with Gasteiger partial charge in [-0.2, -0.15) is 0 Å². The fourth-order valence-electron chi connectivity index (χ4n) is 1.94. The molecule has 0 spiro atoms. The minimum atomic E-state index is -0.0289. The van der Waals surface area contributed by atoms with Crippen molar-refractivity contribution in [2.24, 2.45) is 16.8 Å². The second kappa shape index (κ2) is 4.95. The fourth-order valence-corrected chi connectivity index (χ4v) is 1.94. The van der Waals surface area contributed by atoms with Gasteiger partial charge in [0.15, 0.2) is 0 Å². The maximum absolute atomic E-state index is 8.66. The highest BCUT2D eigenvalue weighted by Crippen LogP contribution is 2.16. The van der Waals surface area contributed by atoms with Gasteiger partial charge in [-0.25, -0.2) is 4.98 Å². The molecule has 2 heterocycles. The predicted octanol–water partition coefficient (Wildman–Crippen LogP) is 1.15. The third kappa shape index (κ3) is 2.22. The van der Waals surface area contributed by atoms with Crippen LogP contribution in [0, 0.1) is 5.92 Å². The van der Waals surface area contributed by atoms with Gasteiger partial charge in [-0.3, -0.25) is 4.40 Å². The number of rotatable bonds is 4. The maximum atomic E-state index is 8.66. The van der Waals surface area contributed by atoms with E-state index in [1.54, 1.807) is 6.20 Å². The third-order valence-electron chi connectivity index (χ3n) is 2.97. The molecule has 0 fully saturated rings. The van der Waals surface area contributed by atoms with Crippen molar-refractivity contribution in [2.45, 2.75) is 6.92 Å². The molecule has 3 N–H and O–H groups in total. The summed E-state index contributed by atoms with van der Waals surface area (Å²) >= 11 is 0. The van der Waals surface area contributed by atoms with Crippen LogP contribution in [0.5, 0.6) is 0 Å². The van der Waals surface area contributed by atoms with E-state index in [1.807, 2.05) is 42.8 Å². The summed E-state index contributed by atoms with van der Waals surface area (Å²) in [5, 5.41) is 11.7. The van der Waals surface area contributed by atoms with Crippen molar-refractivity contribution in [3.05, 3.63) is 30.6 Å². The molecule has 0 bridgehead atoms. The van der Waals surface area contributed by atoms with Gasteiger partial charge >= 0.3 is 0 Å². The second-order valence-corrected chi connectivity index (χ2v) is 4.35. The first-order valence-corrected chi connectivity index (χ1v) is 5.74. The molecule has 0 saturated heterocycles. The van der Waals surface area contributed by atoms with Crippen LogP contribution in [-0.2, 0) is 0 Å². The molecule has 96 valence electrons. The summed E-state index contributed by atoms with van der Waals surface area (Å²) in [6, 6.07) is 5.92. The molecule has 2 aromatic rings. The number of imidazole rings is 1. The van der Waals surface area contributed by atoms with Crippen molar-refractivity contribution in [1.29, 1.82) is 0 Å². The summed E-state index contributed by atoms with van der Waals surface area (Å²) in [6.07, 6.45) is 3.68. The van der Waals surface area contributed by atoms with Crippen LogP contribution >= 0.6 is 0 Å². The molecule has 1 atom stereocenters. The first-order valence-electron chi connectivity index (χ1n) is 5.74. The number of nitrogens with zero attached hydrogens (tertiary/aromatic N) is 4. The second-order valence-electron chi connectivity index (χ2n) is 4.35. The maximum Gasteiger partial charge on any atom is 0.143 e. The monoisotopic (exact) mass is 247 g/mol. The van der Waals surface area contributed by atoms with E-state index in [9.17, 15) is 0 Å². The zero-order chi connectivity index (χ0) is 13.1. The molecule has 6 nitrogen and oxygen atoms in total. The van der Waals surface area contributed by atoms with E-state index in [2.05, 4.69) is 15.0 Å². The van der Waals surface area contributed by atoms with Crippen molar-refractivity contribution < 1.29 is 5.21 Å². The number of pyridine rings is 1. The lowest BCUT2D eigenvalue weighted by atomic mass is 10.1. The Bertz CT molecular complexity index is 562. The van der Waals surface area contributed by atoms with Crippen molar-refractivity contribution >= 4 is 17.3 Å². The van der Waals surface area contributed by atoms with Crippen molar-refractivity contribution in [3.63, 3.8) is 0 Å². The SMILES string of the molecule is CC(CN(C)c1cccc2nccn12)/C(N)=N/O. The molecule has 1 unspecified atom stereocenters. The zero-order valence-electron chi connectivity index (χ0n) is 10.5. The van der Waals surface area contributed by atoms with E-state index in [4.69, 9.17) is 10.9 Å². The van der Waals surface area contributed by atoms with E-state index in [0.29, 0.717) is 6.54 Å². The molecule has 0 saturated carbocycles. The predicted molar refractivity (Wildman–Crippen MR) is 71.0 cm³/mol. The largest absolute Gasteiger partial charge is 0.409 e. The average Bonchev–Trinajstić information content (AvgIpc) is 2.85. The molecule has 2 rings (SSSR count). The Morgan fingerprint density at radius 2 is 2.39 bits per heavy atom. The first-order chi connectivity index (χ1) is 8.63. The Labute approximate surface area is 105 Å². The number of oxime groups is 1. The van der Waals surface area contributed by atoms with Crippen molar-refractivity contribution in [1.82, 2.24) is 9.38 Å². The highest BCUT2D eigenvalue weighted by Gasteiger charge is 2.13. The van der Waals surface area contributed by atoms with E-state index in [-0.39, 0.29) is 11.8 Å². The molecular weight excluding hydrogens is 230 g/mol. The molecule has 0 aromatic carbocycles. The molecular formula is C12H17N5O. The van der Waals surface area contributed by atoms with Gasteiger partial charge in [-0.15, -0.1) is 0 Å². The van der Waals surface area contributed by atoms with Crippen LogP contribution in [0.3, 0.4) is 0 Å². The molecule has 0 aliphatic heterocycles. The van der Waals surface area contributed by atoms with Crippen LogP contribution in [0.2, 0.25) is 0 Å². The molecule has 6 heteroatoms. The zero-order valence-corrected chi connectivity index (χ0v) is 10.5. The van der Waals surface area contributed by atoms with Gasteiger partial charge in [0.05, 0.1) is 0 Å². The molecule has 0 aliphatic carbocycles. The van der Waals surface area contributed by atoms with Gasteiger partial charge in [0, 0.05) is 31.9 Å². The number of hydrogen-bond donors (Lipinski definition) is 2. The Kier molecular flexibility index (Phi) is 3.36. The van der Waals surface area contributed by atoms with E-state index in [1.165, 1.54) is 0 Å². The third-order valence-corrected chi connectivity index (χ3v) is 2.97. The summed E-state index contributed by atoms with van der Waals surface area (Å²) in [5.74, 6) is 1.22. The van der Waals surface area contributed by atoms with Gasteiger partial charge in [0.2, 0.25) is 0 Å². The summed E-state index contributed by atoms with van der Waals surface area (Å²) < 4.78 is 2.00. The lowest BCUT2D eigenvalue weighted by Crippen LogP contribution is -2.33. The Morgan fingerprint density at radius 3 is 3.11 bits per heavy atom. The van der Waals surface area contributed by atoms with E-state index < -0.39 is 0 Å². The molecule has 0 radical (unpaired) electrons. The number of aromatic nitrogens is 2. The van der Waals surface area contributed by atoms with Gasteiger partial charge in [0.25, 0.3) is 0 Å². The van der Waals surface area contributed by atoms with Crippen LogP contribution in [-0.4, -0.2) is 34.0 Å².